The molecule has 3 rings (SSSR count). The Balaban J connectivity index is 2.08. The van der Waals surface area contributed by atoms with Crippen molar-refractivity contribution in [1.82, 2.24) is 4.57 Å². The Morgan fingerprint density at radius 1 is 1.25 bits per heavy atom. The van der Waals surface area contributed by atoms with Gasteiger partial charge in [-0.2, -0.15) is 4.99 Å². The number of rotatable bonds is 6. The average molecular weight is 401 g/mol. The van der Waals surface area contributed by atoms with Gasteiger partial charge < -0.3 is 14.6 Å². The summed E-state index contributed by atoms with van der Waals surface area (Å²) in [6, 6.07) is 11.2. The standard InChI is InChI=1S/C20H20FN3O3S/c1-3-27-11-10-24-17-9-8-14(22-13(2)25)12-18(17)28-20(24)23-19(26)15-6-4-5-7-16(15)21/h4-9,12H,3,10-11H2,1-2H3,(H,22,25). The summed E-state index contributed by atoms with van der Waals surface area (Å²) in [6.45, 7) is 4.88. The van der Waals surface area contributed by atoms with Crippen molar-refractivity contribution in [2.75, 3.05) is 18.5 Å². The fraction of sp³-hybridized carbons (Fsp3) is 0.250. The molecule has 8 heteroatoms. The van der Waals surface area contributed by atoms with Gasteiger partial charge >= 0.3 is 0 Å². The quantitative estimate of drug-likeness (QED) is 0.642. The van der Waals surface area contributed by atoms with E-state index in [0.29, 0.717) is 30.2 Å². The molecule has 0 bridgehead atoms. The fourth-order valence-corrected chi connectivity index (χ4v) is 3.83. The van der Waals surface area contributed by atoms with E-state index in [9.17, 15) is 14.0 Å². The Morgan fingerprint density at radius 2 is 2.04 bits per heavy atom. The Morgan fingerprint density at radius 3 is 2.75 bits per heavy atom. The third kappa shape index (κ3) is 4.52. The number of halogens is 1. The first-order chi connectivity index (χ1) is 13.5. The minimum atomic E-state index is -0.642. The number of anilines is 1. The van der Waals surface area contributed by atoms with Crippen LogP contribution in [0.4, 0.5) is 10.1 Å². The molecular weight excluding hydrogens is 381 g/mol. The monoisotopic (exact) mass is 401 g/mol. The van der Waals surface area contributed by atoms with E-state index in [0.717, 1.165) is 10.2 Å². The van der Waals surface area contributed by atoms with Crippen molar-refractivity contribution < 1.29 is 18.7 Å². The highest BCUT2D eigenvalue weighted by Crippen LogP contribution is 2.22. The van der Waals surface area contributed by atoms with Gasteiger partial charge in [-0.25, -0.2) is 4.39 Å². The van der Waals surface area contributed by atoms with Crippen molar-refractivity contribution in [3.8, 4) is 0 Å². The van der Waals surface area contributed by atoms with E-state index < -0.39 is 11.7 Å². The van der Waals surface area contributed by atoms with Gasteiger partial charge in [0.1, 0.15) is 5.82 Å². The van der Waals surface area contributed by atoms with Crippen LogP contribution in [0, 0.1) is 5.82 Å². The molecule has 0 radical (unpaired) electrons. The van der Waals surface area contributed by atoms with Crippen LogP contribution >= 0.6 is 11.3 Å². The molecule has 1 aromatic heterocycles. The van der Waals surface area contributed by atoms with E-state index in [1.807, 2.05) is 23.6 Å². The van der Waals surface area contributed by atoms with E-state index >= 15 is 0 Å². The van der Waals surface area contributed by atoms with Gasteiger partial charge in [0.15, 0.2) is 4.80 Å². The van der Waals surface area contributed by atoms with Crippen LogP contribution in [0.25, 0.3) is 10.2 Å². The Kier molecular flexibility index (Phi) is 6.33. The van der Waals surface area contributed by atoms with Crippen LogP contribution in [0.3, 0.4) is 0 Å². The second-order valence-corrected chi connectivity index (χ2v) is 7.00. The molecule has 0 saturated heterocycles. The number of carbonyl (C=O) groups is 2. The van der Waals surface area contributed by atoms with Crippen LogP contribution in [0.5, 0.6) is 0 Å². The minimum Gasteiger partial charge on any atom is -0.380 e. The number of aromatic nitrogens is 1. The molecule has 3 aromatic rings. The fourth-order valence-electron chi connectivity index (χ4n) is 2.74. The molecule has 0 aliphatic rings. The number of nitrogens with one attached hydrogen (secondary N) is 1. The number of nitrogens with zero attached hydrogens (tertiary/aromatic N) is 2. The van der Waals surface area contributed by atoms with Gasteiger partial charge in [0, 0.05) is 25.8 Å². The summed E-state index contributed by atoms with van der Waals surface area (Å²) < 4.78 is 22.1. The van der Waals surface area contributed by atoms with Crippen molar-refractivity contribution in [2.24, 2.45) is 4.99 Å². The predicted molar refractivity (Wildman–Crippen MR) is 107 cm³/mol. The summed E-state index contributed by atoms with van der Waals surface area (Å²) in [6.07, 6.45) is 0. The van der Waals surface area contributed by atoms with Gasteiger partial charge in [0.2, 0.25) is 5.91 Å². The number of fused-ring (bicyclic) bond motifs is 1. The van der Waals surface area contributed by atoms with Crippen LogP contribution in [-0.4, -0.2) is 29.6 Å². The first-order valence-corrected chi connectivity index (χ1v) is 9.63. The van der Waals surface area contributed by atoms with Crippen molar-refractivity contribution in [3.63, 3.8) is 0 Å². The predicted octanol–water partition coefficient (Wildman–Crippen LogP) is 3.58. The normalized spacial score (nSPS) is 11.8. The molecule has 0 unspecified atom stereocenters. The summed E-state index contributed by atoms with van der Waals surface area (Å²) in [5.41, 5.74) is 1.44. The molecule has 0 saturated carbocycles. The molecule has 1 heterocycles. The van der Waals surface area contributed by atoms with Crippen molar-refractivity contribution >= 4 is 39.1 Å². The van der Waals surface area contributed by atoms with E-state index in [2.05, 4.69) is 10.3 Å². The van der Waals surface area contributed by atoms with Crippen molar-refractivity contribution in [1.29, 1.82) is 0 Å². The summed E-state index contributed by atoms with van der Waals surface area (Å²) in [5, 5.41) is 2.74. The number of amides is 2. The van der Waals surface area contributed by atoms with Crippen LogP contribution < -0.4 is 10.1 Å². The highest BCUT2D eigenvalue weighted by atomic mass is 32.1. The molecule has 146 valence electrons. The molecule has 0 aliphatic carbocycles. The van der Waals surface area contributed by atoms with Gasteiger partial charge in [-0.15, -0.1) is 0 Å². The number of benzene rings is 2. The summed E-state index contributed by atoms with van der Waals surface area (Å²) >= 11 is 1.30. The summed E-state index contributed by atoms with van der Waals surface area (Å²) in [7, 11) is 0. The SMILES string of the molecule is CCOCCn1c(=NC(=O)c2ccccc2F)sc2cc(NC(C)=O)ccc21. The van der Waals surface area contributed by atoms with Gasteiger partial charge in [0.25, 0.3) is 5.91 Å². The second kappa shape index (κ2) is 8.90. The molecule has 0 aliphatic heterocycles. The number of ether oxygens (including phenoxy) is 1. The number of hydrogen-bond donors (Lipinski definition) is 1. The Labute approximate surface area is 165 Å². The van der Waals surface area contributed by atoms with E-state index in [1.165, 1.54) is 36.5 Å². The molecule has 2 amide bonds. The van der Waals surface area contributed by atoms with E-state index in [-0.39, 0.29) is 11.5 Å². The van der Waals surface area contributed by atoms with E-state index in [1.54, 1.807) is 12.1 Å². The molecular formula is C20H20FN3O3S. The highest BCUT2D eigenvalue weighted by molar-refractivity contribution is 7.16. The number of carbonyl (C=O) groups excluding carboxylic acids is 2. The van der Waals surface area contributed by atoms with Crippen molar-refractivity contribution in [2.45, 2.75) is 20.4 Å². The first-order valence-electron chi connectivity index (χ1n) is 8.82. The maximum Gasteiger partial charge on any atom is 0.282 e. The smallest absolute Gasteiger partial charge is 0.282 e. The topological polar surface area (TPSA) is 72.7 Å². The van der Waals surface area contributed by atoms with Crippen molar-refractivity contribution in [3.05, 3.63) is 58.6 Å². The zero-order valence-electron chi connectivity index (χ0n) is 15.6. The third-order valence-corrected chi connectivity index (χ3v) is 5.01. The lowest BCUT2D eigenvalue weighted by molar-refractivity contribution is -0.114. The molecule has 0 spiro atoms. The molecule has 0 fully saturated rings. The van der Waals surface area contributed by atoms with Crippen LogP contribution in [0.1, 0.15) is 24.2 Å². The number of hydrogen-bond acceptors (Lipinski definition) is 4. The second-order valence-electron chi connectivity index (χ2n) is 5.99. The summed E-state index contributed by atoms with van der Waals surface area (Å²) in [4.78, 5) is 28.4. The van der Waals surface area contributed by atoms with Gasteiger partial charge in [-0.3, -0.25) is 9.59 Å². The minimum absolute atomic E-state index is 0.0738. The Bertz CT molecular complexity index is 1090. The average Bonchev–Trinajstić information content (AvgIpc) is 2.98. The van der Waals surface area contributed by atoms with Crippen LogP contribution in [0.2, 0.25) is 0 Å². The molecule has 1 N–H and O–H groups in total. The maximum absolute atomic E-state index is 13.9. The lowest BCUT2D eigenvalue weighted by atomic mass is 10.2. The molecule has 6 nitrogen and oxygen atoms in total. The summed E-state index contributed by atoms with van der Waals surface area (Å²) in [5.74, 6) is -1.41. The lowest BCUT2D eigenvalue weighted by Gasteiger charge is -2.06. The zero-order valence-corrected chi connectivity index (χ0v) is 16.4. The highest BCUT2D eigenvalue weighted by Gasteiger charge is 2.13. The zero-order chi connectivity index (χ0) is 20.1. The Hall–Kier alpha value is -2.84. The number of thiazole rings is 1. The van der Waals surface area contributed by atoms with Gasteiger partial charge in [-0.05, 0) is 37.3 Å². The molecule has 28 heavy (non-hydrogen) atoms. The van der Waals surface area contributed by atoms with Crippen LogP contribution in [-0.2, 0) is 16.1 Å². The van der Waals surface area contributed by atoms with Gasteiger partial charge in [0.05, 0.1) is 22.4 Å². The third-order valence-electron chi connectivity index (χ3n) is 3.97. The largest absolute Gasteiger partial charge is 0.380 e. The van der Waals surface area contributed by atoms with Gasteiger partial charge in [-0.1, -0.05) is 23.5 Å². The van der Waals surface area contributed by atoms with E-state index in [4.69, 9.17) is 4.74 Å². The molecule has 2 aromatic carbocycles. The maximum atomic E-state index is 13.9. The first kappa shape index (κ1) is 19.9. The molecule has 0 atom stereocenters. The van der Waals surface area contributed by atoms with Crippen LogP contribution in [0.15, 0.2) is 47.5 Å². The lowest BCUT2D eigenvalue weighted by Crippen LogP contribution is -2.20.